The Balaban J connectivity index is 2.33. The summed E-state index contributed by atoms with van der Waals surface area (Å²) in [7, 11) is 1.64. The van der Waals surface area contributed by atoms with E-state index in [1.54, 1.807) is 13.3 Å². The number of nitrogens with zero attached hydrogens (tertiary/aromatic N) is 2. The van der Waals surface area contributed by atoms with Crippen molar-refractivity contribution in [2.24, 2.45) is 0 Å². The van der Waals surface area contributed by atoms with Gasteiger partial charge in [0.2, 0.25) is 0 Å². The molecule has 0 radical (unpaired) electrons. The Labute approximate surface area is 110 Å². The molecule has 1 N–H and O–H groups in total. The lowest BCUT2D eigenvalue weighted by Crippen LogP contribution is -1.96. The minimum atomic E-state index is 0.584. The predicted octanol–water partition coefficient (Wildman–Crippen LogP) is 3.38. The molecule has 0 spiro atoms. The average Bonchev–Trinajstić information content (AvgIpc) is 2.81. The summed E-state index contributed by atoms with van der Waals surface area (Å²) < 4.78 is 5.34. The Hall–Kier alpha value is -2.06. The number of nitrogens with one attached hydrogen (secondary N) is 1. The molecule has 0 amide bonds. The number of aryl methyl sites for hydroxylation is 2. The number of ether oxygens (including phenoxy) is 1. The Morgan fingerprint density at radius 2 is 2.06 bits per heavy atom. The maximum atomic E-state index is 8.77. The number of hydrogen-bond donors (Lipinski definition) is 1. The second kappa shape index (κ2) is 5.07. The first-order valence-electron chi connectivity index (χ1n) is 5.42. The molecule has 0 bridgehead atoms. The van der Waals surface area contributed by atoms with Crippen LogP contribution in [0.3, 0.4) is 0 Å². The molecule has 0 unspecified atom stereocenters. The summed E-state index contributed by atoms with van der Waals surface area (Å²) in [4.78, 5) is 4.72. The van der Waals surface area contributed by atoms with Crippen molar-refractivity contribution in [3.8, 4) is 11.8 Å². The second-order valence-electron chi connectivity index (χ2n) is 3.90. The van der Waals surface area contributed by atoms with Crippen molar-refractivity contribution in [1.29, 1.82) is 5.26 Å². The Bertz CT molecular complexity index is 613. The van der Waals surface area contributed by atoms with Gasteiger partial charge in [-0.1, -0.05) is 11.3 Å². The molecule has 18 heavy (non-hydrogen) atoms. The molecule has 0 atom stereocenters. The first-order valence-corrected chi connectivity index (χ1v) is 6.24. The topological polar surface area (TPSA) is 57.9 Å². The van der Waals surface area contributed by atoms with Crippen molar-refractivity contribution in [2.45, 2.75) is 13.8 Å². The minimum absolute atomic E-state index is 0.584. The molecule has 2 rings (SSSR count). The van der Waals surface area contributed by atoms with E-state index in [0.29, 0.717) is 10.0 Å². The van der Waals surface area contributed by atoms with Gasteiger partial charge in [0.05, 0.1) is 19.0 Å². The van der Waals surface area contributed by atoms with Gasteiger partial charge >= 0.3 is 0 Å². The Morgan fingerprint density at radius 3 is 2.67 bits per heavy atom. The number of benzene rings is 1. The van der Waals surface area contributed by atoms with E-state index in [4.69, 9.17) is 10.00 Å². The van der Waals surface area contributed by atoms with Crippen LogP contribution < -0.4 is 10.1 Å². The van der Waals surface area contributed by atoms with Crippen molar-refractivity contribution in [2.75, 3.05) is 12.4 Å². The number of aromatic nitrogens is 1. The third kappa shape index (κ3) is 2.44. The van der Waals surface area contributed by atoms with Crippen molar-refractivity contribution in [1.82, 2.24) is 4.98 Å². The van der Waals surface area contributed by atoms with Gasteiger partial charge in [0.25, 0.3) is 0 Å². The van der Waals surface area contributed by atoms with Crippen LogP contribution in [0, 0.1) is 25.2 Å². The van der Waals surface area contributed by atoms with E-state index in [0.717, 1.165) is 11.4 Å². The van der Waals surface area contributed by atoms with Crippen LogP contribution in [0.4, 0.5) is 10.8 Å². The SMILES string of the molecule is COc1cc(C)c(C)cc1Nc1ncc(C#N)s1. The van der Waals surface area contributed by atoms with Crippen molar-refractivity contribution >= 4 is 22.2 Å². The van der Waals surface area contributed by atoms with Crippen LogP contribution in [0.5, 0.6) is 5.75 Å². The first kappa shape index (κ1) is 12.4. The number of thiazole rings is 1. The van der Waals surface area contributed by atoms with Gasteiger partial charge < -0.3 is 10.1 Å². The van der Waals surface area contributed by atoms with Gasteiger partial charge in [-0.3, -0.25) is 0 Å². The number of methoxy groups -OCH3 is 1. The van der Waals surface area contributed by atoms with Crippen LogP contribution in [0.1, 0.15) is 16.0 Å². The third-order valence-electron chi connectivity index (χ3n) is 2.67. The lowest BCUT2D eigenvalue weighted by Gasteiger charge is -2.12. The van der Waals surface area contributed by atoms with E-state index in [1.165, 1.54) is 22.5 Å². The summed E-state index contributed by atoms with van der Waals surface area (Å²) in [6.45, 7) is 4.08. The predicted molar refractivity (Wildman–Crippen MR) is 72.6 cm³/mol. The average molecular weight is 259 g/mol. The highest BCUT2D eigenvalue weighted by atomic mass is 32.1. The first-order chi connectivity index (χ1) is 8.63. The van der Waals surface area contributed by atoms with Gasteiger partial charge in [0, 0.05) is 0 Å². The van der Waals surface area contributed by atoms with Crippen molar-refractivity contribution in [3.05, 3.63) is 34.3 Å². The van der Waals surface area contributed by atoms with Crippen molar-refractivity contribution < 1.29 is 4.74 Å². The van der Waals surface area contributed by atoms with Gasteiger partial charge in [0.15, 0.2) is 5.13 Å². The number of rotatable bonds is 3. The van der Waals surface area contributed by atoms with Gasteiger partial charge in [-0.15, -0.1) is 0 Å². The van der Waals surface area contributed by atoms with Crippen LogP contribution in [0.2, 0.25) is 0 Å². The fraction of sp³-hybridized carbons (Fsp3) is 0.231. The summed E-state index contributed by atoms with van der Waals surface area (Å²) >= 11 is 1.32. The second-order valence-corrected chi connectivity index (χ2v) is 4.93. The Morgan fingerprint density at radius 1 is 1.33 bits per heavy atom. The monoisotopic (exact) mass is 259 g/mol. The maximum absolute atomic E-state index is 8.77. The summed E-state index contributed by atoms with van der Waals surface area (Å²) in [5.74, 6) is 0.770. The quantitative estimate of drug-likeness (QED) is 0.918. The summed E-state index contributed by atoms with van der Waals surface area (Å²) in [5, 5.41) is 12.6. The molecule has 0 aliphatic rings. The van der Waals surface area contributed by atoms with Crippen LogP contribution >= 0.6 is 11.3 Å². The lowest BCUT2D eigenvalue weighted by atomic mass is 10.1. The van der Waals surface area contributed by atoms with E-state index in [2.05, 4.69) is 16.4 Å². The number of hydrogen-bond acceptors (Lipinski definition) is 5. The normalized spacial score (nSPS) is 9.89. The van der Waals surface area contributed by atoms with E-state index in [9.17, 15) is 0 Å². The van der Waals surface area contributed by atoms with Gasteiger partial charge in [-0.25, -0.2) is 4.98 Å². The van der Waals surface area contributed by atoms with Gasteiger partial charge in [-0.2, -0.15) is 5.26 Å². The van der Waals surface area contributed by atoms with Crippen molar-refractivity contribution in [3.63, 3.8) is 0 Å². The third-order valence-corrected chi connectivity index (χ3v) is 3.49. The van der Waals surface area contributed by atoms with Gasteiger partial charge in [0.1, 0.15) is 16.7 Å². The lowest BCUT2D eigenvalue weighted by molar-refractivity contribution is 0.416. The fourth-order valence-electron chi connectivity index (χ4n) is 1.56. The molecule has 0 aliphatic carbocycles. The molecular formula is C13H13N3OS. The molecule has 0 fully saturated rings. The zero-order chi connectivity index (χ0) is 13.1. The van der Waals surface area contributed by atoms with E-state index in [-0.39, 0.29) is 0 Å². The molecule has 1 heterocycles. The van der Waals surface area contributed by atoms with Gasteiger partial charge in [-0.05, 0) is 37.1 Å². The van der Waals surface area contributed by atoms with Crippen LogP contribution in [0.15, 0.2) is 18.3 Å². The molecule has 92 valence electrons. The molecule has 0 aliphatic heterocycles. The smallest absolute Gasteiger partial charge is 0.188 e. The molecule has 4 nitrogen and oxygen atoms in total. The van der Waals surface area contributed by atoms with E-state index < -0.39 is 0 Å². The summed E-state index contributed by atoms with van der Waals surface area (Å²) in [6.07, 6.45) is 1.56. The highest BCUT2D eigenvalue weighted by molar-refractivity contribution is 7.16. The molecule has 2 aromatic rings. The highest BCUT2D eigenvalue weighted by Gasteiger charge is 2.08. The Kier molecular flexibility index (Phi) is 3.49. The van der Waals surface area contributed by atoms with E-state index >= 15 is 0 Å². The minimum Gasteiger partial charge on any atom is -0.495 e. The molecule has 0 saturated heterocycles. The molecular weight excluding hydrogens is 246 g/mol. The summed E-state index contributed by atoms with van der Waals surface area (Å²) in [6, 6.07) is 6.07. The number of nitriles is 1. The zero-order valence-electron chi connectivity index (χ0n) is 10.4. The zero-order valence-corrected chi connectivity index (χ0v) is 11.3. The van der Waals surface area contributed by atoms with E-state index in [1.807, 2.05) is 26.0 Å². The summed E-state index contributed by atoms with van der Waals surface area (Å²) in [5.41, 5.74) is 3.21. The molecule has 1 aromatic carbocycles. The molecule has 0 saturated carbocycles. The molecule has 1 aromatic heterocycles. The maximum Gasteiger partial charge on any atom is 0.188 e. The van der Waals surface area contributed by atoms with Crippen LogP contribution in [-0.2, 0) is 0 Å². The fourth-order valence-corrected chi connectivity index (χ4v) is 2.18. The van der Waals surface area contributed by atoms with Crippen LogP contribution in [0.25, 0.3) is 0 Å². The highest BCUT2D eigenvalue weighted by Crippen LogP contribution is 2.31. The standard InChI is InChI=1S/C13H13N3OS/c1-8-4-11(12(17-3)5-9(8)2)16-13-15-7-10(6-14)18-13/h4-5,7H,1-3H3,(H,15,16). The number of anilines is 2. The molecule has 5 heteroatoms. The van der Waals surface area contributed by atoms with Crippen LogP contribution in [-0.4, -0.2) is 12.1 Å². The largest absolute Gasteiger partial charge is 0.495 e.